The molecule has 1 unspecified atom stereocenters. The average molecular weight is 413 g/mol. The molecule has 1 aromatic heterocycles. The minimum Gasteiger partial charge on any atom is -0.394 e. The quantitative estimate of drug-likeness (QED) is 0.738. The molecule has 0 bridgehead atoms. The first-order chi connectivity index (χ1) is 12.8. The third-order valence-electron chi connectivity index (χ3n) is 4.95. The van der Waals surface area contributed by atoms with E-state index in [1.54, 1.807) is 12.1 Å². The Morgan fingerprint density at radius 1 is 1.41 bits per heavy atom. The summed E-state index contributed by atoms with van der Waals surface area (Å²) >= 11 is 0.976. The van der Waals surface area contributed by atoms with Gasteiger partial charge in [0.2, 0.25) is 15.9 Å². The molecule has 8 nitrogen and oxygen atoms in total. The van der Waals surface area contributed by atoms with Crippen molar-refractivity contribution in [3.63, 3.8) is 0 Å². The molecule has 1 aliphatic rings. The van der Waals surface area contributed by atoms with Gasteiger partial charge < -0.3 is 10.4 Å². The van der Waals surface area contributed by atoms with Crippen molar-refractivity contribution in [3.05, 3.63) is 18.2 Å². The van der Waals surface area contributed by atoms with Crippen LogP contribution in [-0.4, -0.2) is 58.2 Å². The Hall–Kier alpha value is -1.62. The van der Waals surface area contributed by atoms with E-state index in [0.717, 1.165) is 11.7 Å². The van der Waals surface area contributed by atoms with Gasteiger partial charge in [0.25, 0.3) is 0 Å². The number of sulfonamides is 1. The number of benzene rings is 1. The van der Waals surface area contributed by atoms with Gasteiger partial charge in [0.1, 0.15) is 15.9 Å². The van der Waals surface area contributed by atoms with Crippen LogP contribution >= 0.6 is 11.7 Å². The van der Waals surface area contributed by atoms with Crippen LogP contribution in [0.25, 0.3) is 11.0 Å². The van der Waals surface area contributed by atoms with Crippen molar-refractivity contribution < 1.29 is 18.3 Å². The number of rotatable bonds is 6. The van der Waals surface area contributed by atoms with Gasteiger partial charge in [-0.3, -0.25) is 4.79 Å². The first-order valence-corrected chi connectivity index (χ1v) is 11.1. The fourth-order valence-corrected chi connectivity index (χ4v) is 5.50. The summed E-state index contributed by atoms with van der Waals surface area (Å²) in [5, 5.41) is 12.3. The van der Waals surface area contributed by atoms with Gasteiger partial charge in [-0.2, -0.15) is 13.1 Å². The number of carbonyl (C=O) groups is 1. The fourth-order valence-electron chi connectivity index (χ4n) is 3.23. The Morgan fingerprint density at radius 2 is 2.19 bits per heavy atom. The van der Waals surface area contributed by atoms with Crippen LogP contribution in [0.1, 0.15) is 26.7 Å². The summed E-state index contributed by atoms with van der Waals surface area (Å²) < 4.78 is 35.9. The molecule has 2 atom stereocenters. The van der Waals surface area contributed by atoms with Gasteiger partial charge in [0.15, 0.2) is 0 Å². The van der Waals surface area contributed by atoms with Crippen LogP contribution in [0.5, 0.6) is 0 Å². The van der Waals surface area contributed by atoms with Gasteiger partial charge in [-0.05, 0) is 30.9 Å². The number of hydrogen-bond donors (Lipinski definition) is 2. The molecule has 148 valence electrons. The van der Waals surface area contributed by atoms with E-state index < -0.39 is 15.9 Å². The summed E-state index contributed by atoms with van der Waals surface area (Å²) in [5.41, 5.74) is 0.921. The molecule has 3 rings (SSSR count). The van der Waals surface area contributed by atoms with Gasteiger partial charge >= 0.3 is 0 Å². The van der Waals surface area contributed by atoms with Crippen molar-refractivity contribution >= 4 is 38.7 Å². The van der Waals surface area contributed by atoms with Gasteiger partial charge in [-0.1, -0.05) is 19.9 Å². The normalized spacial score (nSPS) is 20.1. The van der Waals surface area contributed by atoms with E-state index in [1.165, 1.54) is 10.4 Å². The molecule has 0 spiro atoms. The molecule has 2 aromatic rings. The number of nitrogens with one attached hydrogen (secondary N) is 1. The van der Waals surface area contributed by atoms with Crippen LogP contribution in [0.15, 0.2) is 23.1 Å². The molecule has 1 aromatic carbocycles. The summed E-state index contributed by atoms with van der Waals surface area (Å²) in [6.07, 6.45) is 1.23. The smallest absolute Gasteiger partial charge is 0.245 e. The number of carbonyl (C=O) groups excluding carboxylic acids is 1. The molecule has 0 saturated carbocycles. The van der Waals surface area contributed by atoms with Crippen LogP contribution in [-0.2, 0) is 14.8 Å². The molecule has 2 N–H and O–H groups in total. The molecule has 1 aliphatic heterocycles. The lowest BCUT2D eigenvalue weighted by molar-refractivity contribution is -0.127. The second-order valence-electron chi connectivity index (χ2n) is 7.13. The van der Waals surface area contributed by atoms with Crippen molar-refractivity contribution in [3.8, 4) is 0 Å². The van der Waals surface area contributed by atoms with Crippen LogP contribution in [0, 0.1) is 11.8 Å². The van der Waals surface area contributed by atoms with Crippen molar-refractivity contribution in [1.29, 1.82) is 0 Å². The molecular weight excluding hydrogens is 388 g/mol. The number of piperidine rings is 1. The molecule has 0 aliphatic carbocycles. The van der Waals surface area contributed by atoms with Crippen LogP contribution in [0.3, 0.4) is 0 Å². The van der Waals surface area contributed by atoms with Crippen molar-refractivity contribution in [2.24, 2.45) is 11.8 Å². The Balaban J connectivity index is 1.79. The first-order valence-electron chi connectivity index (χ1n) is 8.97. The Kier molecular flexibility index (Phi) is 6.09. The van der Waals surface area contributed by atoms with Crippen molar-refractivity contribution in [1.82, 2.24) is 18.4 Å². The van der Waals surface area contributed by atoms with Crippen LogP contribution in [0.4, 0.5) is 0 Å². The molecule has 0 radical (unpaired) electrons. The van der Waals surface area contributed by atoms with E-state index >= 15 is 0 Å². The zero-order chi connectivity index (χ0) is 19.6. The number of hydrogen-bond acceptors (Lipinski definition) is 7. The van der Waals surface area contributed by atoms with Crippen molar-refractivity contribution in [2.75, 3.05) is 19.7 Å². The molecule has 1 saturated heterocycles. The lowest BCUT2D eigenvalue weighted by atomic mass is 9.97. The van der Waals surface area contributed by atoms with Crippen LogP contribution < -0.4 is 5.32 Å². The number of nitrogens with zero attached hydrogens (tertiary/aromatic N) is 3. The van der Waals surface area contributed by atoms with Gasteiger partial charge in [-0.25, -0.2) is 8.42 Å². The lowest BCUT2D eigenvalue weighted by Crippen LogP contribution is -2.49. The van der Waals surface area contributed by atoms with Gasteiger partial charge in [0, 0.05) is 13.1 Å². The highest BCUT2D eigenvalue weighted by molar-refractivity contribution is 7.89. The SMILES string of the molecule is CC(C)[C@@H](CO)NC(=O)C1CCCN(S(=O)(=O)c2cccc3nsnc23)C1. The number of amides is 1. The molecule has 27 heavy (non-hydrogen) atoms. The Morgan fingerprint density at radius 3 is 2.89 bits per heavy atom. The maximum Gasteiger partial charge on any atom is 0.245 e. The van der Waals surface area contributed by atoms with E-state index in [2.05, 4.69) is 14.1 Å². The zero-order valence-electron chi connectivity index (χ0n) is 15.3. The Bertz CT molecular complexity index is 913. The van der Waals surface area contributed by atoms with Crippen molar-refractivity contribution in [2.45, 2.75) is 37.6 Å². The Labute approximate surface area is 163 Å². The third kappa shape index (κ3) is 4.13. The highest BCUT2D eigenvalue weighted by Crippen LogP contribution is 2.28. The van der Waals surface area contributed by atoms with E-state index in [4.69, 9.17) is 0 Å². The highest BCUT2D eigenvalue weighted by Gasteiger charge is 2.35. The fraction of sp³-hybridized carbons (Fsp3) is 0.588. The second kappa shape index (κ2) is 8.17. The predicted molar refractivity (Wildman–Crippen MR) is 103 cm³/mol. The summed E-state index contributed by atoms with van der Waals surface area (Å²) in [4.78, 5) is 12.7. The maximum absolute atomic E-state index is 13.1. The molecular formula is C17H24N4O4S2. The highest BCUT2D eigenvalue weighted by atomic mass is 32.2. The van der Waals surface area contributed by atoms with Gasteiger partial charge in [0.05, 0.1) is 30.3 Å². The van der Waals surface area contributed by atoms with E-state index in [-0.39, 0.29) is 35.9 Å². The first kappa shape index (κ1) is 20.1. The minimum absolute atomic E-state index is 0.0946. The minimum atomic E-state index is -3.77. The summed E-state index contributed by atoms with van der Waals surface area (Å²) in [6.45, 7) is 4.19. The number of aliphatic hydroxyl groups is 1. The molecule has 2 heterocycles. The zero-order valence-corrected chi connectivity index (χ0v) is 17.0. The second-order valence-corrected chi connectivity index (χ2v) is 9.57. The molecule has 10 heteroatoms. The summed E-state index contributed by atoms with van der Waals surface area (Å²) in [7, 11) is -3.77. The van der Waals surface area contributed by atoms with E-state index in [9.17, 15) is 18.3 Å². The average Bonchev–Trinajstić information content (AvgIpc) is 3.14. The summed E-state index contributed by atoms with van der Waals surface area (Å²) in [6, 6.07) is 4.58. The third-order valence-corrected chi connectivity index (χ3v) is 7.39. The van der Waals surface area contributed by atoms with Crippen LogP contribution in [0.2, 0.25) is 0 Å². The predicted octanol–water partition coefficient (Wildman–Crippen LogP) is 1.23. The maximum atomic E-state index is 13.1. The molecule has 1 fully saturated rings. The number of aliphatic hydroxyl groups excluding tert-OH is 1. The topological polar surface area (TPSA) is 112 Å². The molecule has 1 amide bonds. The monoisotopic (exact) mass is 412 g/mol. The number of fused-ring (bicyclic) bond motifs is 1. The largest absolute Gasteiger partial charge is 0.394 e. The standard InChI is InChI=1S/C17H24N4O4S2/c1-11(2)14(10-22)18-17(23)12-5-4-8-21(9-12)27(24,25)15-7-3-6-13-16(15)20-26-19-13/h3,6-7,11-12,14,22H,4-5,8-10H2,1-2H3,(H,18,23)/t12?,14-/m1/s1. The van der Waals surface area contributed by atoms with E-state index in [1.807, 2.05) is 13.8 Å². The summed E-state index contributed by atoms with van der Waals surface area (Å²) in [5.74, 6) is -0.553. The lowest BCUT2D eigenvalue weighted by Gasteiger charge is -2.32. The van der Waals surface area contributed by atoms with Gasteiger partial charge in [-0.15, -0.1) is 0 Å². The van der Waals surface area contributed by atoms with E-state index in [0.29, 0.717) is 30.4 Å². The number of aromatic nitrogens is 2.